The lowest BCUT2D eigenvalue weighted by Crippen LogP contribution is -2.45. The fourth-order valence-corrected chi connectivity index (χ4v) is 2.69. The predicted octanol–water partition coefficient (Wildman–Crippen LogP) is 0.906. The van der Waals surface area contributed by atoms with Gasteiger partial charge in [0.15, 0.2) is 0 Å². The highest BCUT2D eigenvalue weighted by molar-refractivity contribution is 6.00. The van der Waals surface area contributed by atoms with Gasteiger partial charge in [0, 0.05) is 25.5 Å². The van der Waals surface area contributed by atoms with E-state index in [-0.39, 0.29) is 24.2 Å². The third kappa shape index (κ3) is 3.19. The number of aromatic nitrogens is 1. The van der Waals surface area contributed by atoms with Gasteiger partial charge in [-0.3, -0.25) is 9.59 Å². The van der Waals surface area contributed by atoms with Gasteiger partial charge in [-0.05, 0) is 24.3 Å². The quantitative estimate of drug-likeness (QED) is 0.914. The Morgan fingerprint density at radius 2 is 2.00 bits per heavy atom. The number of ether oxygens (including phenoxy) is 1. The van der Waals surface area contributed by atoms with Gasteiger partial charge in [-0.2, -0.15) is 0 Å². The van der Waals surface area contributed by atoms with E-state index in [1.807, 2.05) is 0 Å². The summed E-state index contributed by atoms with van der Waals surface area (Å²) in [5, 5.41) is 3.40. The molecule has 6 nitrogen and oxygen atoms in total. The summed E-state index contributed by atoms with van der Waals surface area (Å²) in [6.07, 6.45) is 0. The Hall–Kier alpha value is -2.41. The zero-order valence-corrected chi connectivity index (χ0v) is 12.8. The predicted molar refractivity (Wildman–Crippen MR) is 82.6 cm³/mol. The van der Waals surface area contributed by atoms with Gasteiger partial charge < -0.3 is 19.5 Å². The lowest BCUT2D eigenvalue weighted by atomic mass is 10.2. The molecule has 0 saturated carbocycles. The molecular weight excluding hydrogens is 301 g/mol. The molecule has 7 heteroatoms. The van der Waals surface area contributed by atoms with Crippen LogP contribution >= 0.6 is 0 Å². The monoisotopic (exact) mass is 319 g/mol. The van der Waals surface area contributed by atoms with Crippen LogP contribution in [0.25, 0.3) is 10.9 Å². The first kappa shape index (κ1) is 15.5. The van der Waals surface area contributed by atoms with Crippen LogP contribution in [0.2, 0.25) is 0 Å². The third-order valence-corrected chi connectivity index (χ3v) is 4.00. The number of hydrogen-bond donors (Lipinski definition) is 1. The first-order valence-corrected chi connectivity index (χ1v) is 7.45. The Labute approximate surface area is 132 Å². The van der Waals surface area contributed by atoms with Crippen LogP contribution in [0, 0.1) is 5.82 Å². The van der Waals surface area contributed by atoms with Crippen LogP contribution in [0.5, 0.6) is 0 Å². The molecule has 0 aliphatic carbocycles. The van der Waals surface area contributed by atoms with Crippen molar-refractivity contribution >= 4 is 22.7 Å². The van der Waals surface area contributed by atoms with Gasteiger partial charge >= 0.3 is 0 Å². The number of nitrogens with one attached hydrogen (secondary N) is 1. The van der Waals surface area contributed by atoms with Crippen molar-refractivity contribution in [2.45, 2.75) is 0 Å². The summed E-state index contributed by atoms with van der Waals surface area (Å²) in [6, 6.07) is 6.04. The SMILES string of the molecule is Cn1c(C(=O)NCC(=O)N2CCOCC2)cc2ccc(F)cc21. The van der Waals surface area contributed by atoms with Crippen molar-refractivity contribution in [3.8, 4) is 0 Å². The highest BCUT2D eigenvalue weighted by atomic mass is 19.1. The molecule has 1 aliphatic rings. The van der Waals surface area contributed by atoms with Gasteiger partial charge in [0.2, 0.25) is 5.91 Å². The van der Waals surface area contributed by atoms with Crippen LogP contribution in [-0.2, 0) is 16.6 Å². The van der Waals surface area contributed by atoms with Gasteiger partial charge in [-0.15, -0.1) is 0 Å². The lowest BCUT2D eigenvalue weighted by molar-refractivity contribution is -0.134. The average molecular weight is 319 g/mol. The molecule has 23 heavy (non-hydrogen) atoms. The largest absolute Gasteiger partial charge is 0.378 e. The molecule has 1 aliphatic heterocycles. The molecular formula is C16H18FN3O3. The summed E-state index contributed by atoms with van der Waals surface area (Å²) in [7, 11) is 1.69. The van der Waals surface area contributed by atoms with Crippen LogP contribution in [0.3, 0.4) is 0 Å². The van der Waals surface area contributed by atoms with Crippen molar-refractivity contribution in [1.82, 2.24) is 14.8 Å². The Kier molecular flexibility index (Phi) is 4.29. The number of carbonyl (C=O) groups is 2. The summed E-state index contributed by atoms with van der Waals surface area (Å²) in [5.41, 5.74) is 1.02. The van der Waals surface area contributed by atoms with E-state index < -0.39 is 0 Å². The van der Waals surface area contributed by atoms with Crippen molar-refractivity contribution in [3.63, 3.8) is 0 Å². The molecule has 0 spiro atoms. The minimum Gasteiger partial charge on any atom is -0.378 e. The van der Waals surface area contributed by atoms with Crippen LogP contribution in [0.15, 0.2) is 24.3 Å². The fourth-order valence-electron chi connectivity index (χ4n) is 2.69. The van der Waals surface area contributed by atoms with Crippen molar-refractivity contribution in [2.75, 3.05) is 32.8 Å². The molecule has 122 valence electrons. The van der Waals surface area contributed by atoms with E-state index in [0.29, 0.717) is 37.5 Å². The molecule has 3 rings (SSSR count). The number of fused-ring (bicyclic) bond motifs is 1. The summed E-state index contributed by atoms with van der Waals surface area (Å²) >= 11 is 0. The number of benzene rings is 1. The number of amides is 2. The van der Waals surface area contributed by atoms with E-state index in [1.165, 1.54) is 12.1 Å². The van der Waals surface area contributed by atoms with E-state index in [4.69, 9.17) is 4.74 Å². The number of morpholine rings is 1. The minimum atomic E-state index is -0.356. The van der Waals surface area contributed by atoms with E-state index in [9.17, 15) is 14.0 Å². The molecule has 0 radical (unpaired) electrons. The Balaban J connectivity index is 1.68. The number of rotatable bonds is 3. The smallest absolute Gasteiger partial charge is 0.268 e. The Morgan fingerprint density at radius 3 is 2.74 bits per heavy atom. The maximum atomic E-state index is 13.3. The number of halogens is 1. The number of hydrogen-bond acceptors (Lipinski definition) is 3. The highest BCUT2D eigenvalue weighted by Crippen LogP contribution is 2.19. The second-order valence-corrected chi connectivity index (χ2v) is 5.47. The van der Waals surface area contributed by atoms with E-state index in [0.717, 1.165) is 5.39 Å². The average Bonchev–Trinajstić information content (AvgIpc) is 2.90. The Bertz CT molecular complexity index is 750. The van der Waals surface area contributed by atoms with Crippen molar-refractivity contribution in [1.29, 1.82) is 0 Å². The molecule has 0 unspecified atom stereocenters. The number of nitrogens with zero attached hydrogens (tertiary/aromatic N) is 2. The summed E-state index contributed by atoms with van der Waals surface area (Å²) in [6.45, 7) is 2.07. The molecule has 2 heterocycles. The second kappa shape index (κ2) is 6.37. The molecule has 0 bridgehead atoms. The molecule has 1 fully saturated rings. The van der Waals surface area contributed by atoms with Crippen LogP contribution in [0.1, 0.15) is 10.5 Å². The molecule has 0 atom stereocenters. The van der Waals surface area contributed by atoms with Crippen LogP contribution in [0.4, 0.5) is 4.39 Å². The van der Waals surface area contributed by atoms with E-state index in [1.54, 1.807) is 28.6 Å². The zero-order chi connectivity index (χ0) is 16.4. The van der Waals surface area contributed by atoms with E-state index in [2.05, 4.69) is 5.32 Å². The molecule has 2 amide bonds. The van der Waals surface area contributed by atoms with Gasteiger partial charge in [-0.25, -0.2) is 4.39 Å². The normalized spacial score (nSPS) is 15.0. The van der Waals surface area contributed by atoms with Crippen LogP contribution in [-0.4, -0.2) is 54.1 Å². The fraction of sp³-hybridized carbons (Fsp3) is 0.375. The first-order valence-electron chi connectivity index (χ1n) is 7.45. The summed E-state index contributed by atoms with van der Waals surface area (Å²) in [5.74, 6) is -0.842. The minimum absolute atomic E-state index is 0.0608. The van der Waals surface area contributed by atoms with Gasteiger partial charge in [0.1, 0.15) is 11.5 Å². The standard InChI is InChI=1S/C16H18FN3O3/c1-19-13-9-12(17)3-2-11(13)8-14(19)16(22)18-10-15(21)20-4-6-23-7-5-20/h2-3,8-9H,4-7,10H2,1H3,(H,18,22). The molecule has 2 aromatic rings. The van der Waals surface area contributed by atoms with Gasteiger partial charge in [0.25, 0.3) is 5.91 Å². The van der Waals surface area contributed by atoms with Crippen molar-refractivity contribution in [2.24, 2.45) is 7.05 Å². The van der Waals surface area contributed by atoms with Crippen molar-refractivity contribution in [3.05, 3.63) is 35.8 Å². The van der Waals surface area contributed by atoms with Gasteiger partial charge in [0.05, 0.1) is 25.3 Å². The number of aryl methyl sites for hydroxylation is 1. The number of carbonyl (C=O) groups excluding carboxylic acids is 2. The maximum absolute atomic E-state index is 13.3. The first-order chi connectivity index (χ1) is 11.1. The molecule has 1 aromatic heterocycles. The zero-order valence-electron chi connectivity index (χ0n) is 12.8. The summed E-state index contributed by atoms with van der Waals surface area (Å²) < 4.78 is 20.1. The van der Waals surface area contributed by atoms with E-state index >= 15 is 0 Å². The highest BCUT2D eigenvalue weighted by Gasteiger charge is 2.19. The second-order valence-electron chi connectivity index (χ2n) is 5.47. The Morgan fingerprint density at radius 1 is 1.26 bits per heavy atom. The van der Waals surface area contributed by atoms with Gasteiger partial charge in [-0.1, -0.05) is 0 Å². The third-order valence-electron chi connectivity index (χ3n) is 4.00. The molecule has 1 aromatic carbocycles. The summed E-state index contributed by atoms with van der Waals surface area (Å²) in [4.78, 5) is 26.0. The maximum Gasteiger partial charge on any atom is 0.268 e. The van der Waals surface area contributed by atoms with Crippen LogP contribution < -0.4 is 5.32 Å². The topological polar surface area (TPSA) is 63.6 Å². The van der Waals surface area contributed by atoms with Crippen molar-refractivity contribution < 1.29 is 18.7 Å². The molecule has 1 N–H and O–H groups in total. The lowest BCUT2D eigenvalue weighted by Gasteiger charge is -2.26. The molecule has 1 saturated heterocycles.